The Labute approximate surface area is 150 Å². The van der Waals surface area contributed by atoms with E-state index < -0.39 is 0 Å². The molecule has 2 unspecified atom stereocenters. The third-order valence-corrected chi connectivity index (χ3v) is 5.16. The van der Waals surface area contributed by atoms with E-state index in [9.17, 15) is 0 Å². The summed E-state index contributed by atoms with van der Waals surface area (Å²) in [5.41, 5.74) is 2.66. The minimum absolute atomic E-state index is 0.451. The van der Waals surface area contributed by atoms with Crippen LogP contribution in [0.25, 0.3) is 0 Å². The molecule has 0 aliphatic carbocycles. The Morgan fingerprint density at radius 1 is 1.32 bits per heavy atom. The third kappa shape index (κ3) is 4.41. The molecule has 0 amide bonds. The minimum Gasteiger partial charge on any atom is -0.356 e. The van der Waals surface area contributed by atoms with E-state index in [-0.39, 0.29) is 0 Å². The van der Waals surface area contributed by atoms with Crippen LogP contribution in [0.1, 0.15) is 30.5 Å². The second kappa shape index (κ2) is 8.19. The Balaban J connectivity index is 1.56. The van der Waals surface area contributed by atoms with E-state index >= 15 is 0 Å². The molecule has 1 saturated heterocycles. The molecule has 5 nitrogen and oxygen atoms in total. The molecule has 2 heterocycles. The van der Waals surface area contributed by atoms with Gasteiger partial charge in [0.05, 0.1) is 12.4 Å². The van der Waals surface area contributed by atoms with Crippen LogP contribution in [-0.4, -0.2) is 47.1 Å². The zero-order valence-electron chi connectivity index (χ0n) is 15.5. The molecule has 2 aromatic rings. The van der Waals surface area contributed by atoms with Crippen LogP contribution >= 0.6 is 0 Å². The third-order valence-electron chi connectivity index (χ3n) is 5.16. The van der Waals surface area contributed by atoms with Gasteiger partial charge in [-0.3, -0.25) is 4.99 Å². The molecule has 3 rings (SSSR count). The van der Waals surface area contributed by atoms with E-state index in [0.717, 1.165) is 32.0 Å². The highest BCUT2D eigenvalue weighted by atomic mass is 15.3. The number of hydrogen-bond acceptors (Lipinski definition) is 2. The Bertz CT molecular complexity index is 675. The van der Waals surface area contributed by atoms with Crippen molar-refractivity contribution in [2.24, 2.45) is 10.9 Å². The number of hydrogen-bond donors (Lipinski definition) is 1. The highest BCUT2D eigenvalue weighted by Crippen LogP contribution is 2.27. The smallest absolute Gasteiger partial charge is 0.193 e. The lowest BCUT2D eigenvalue weighted by Crippen LogP contribution is -2.49. The fourth-order valence-electron chi connectivity index (χ4n) is 3.50. The van der Waals surface area contributed by atoms with Crippen molar-refractivity contribution in [3.05, 3.63) is 54.1 Å². The Kier molecular flexibility index (Phi) is 5.74. The quantitative estimate of drug-likeness (QED) is 0.688. The summed E-state index contributed by atoms with van der Waals surface area (Å²) >= 11 is 0. The van der Waals surface area contributed by atoms with E-state index in [4.69, 9.17) is 0 Å². The number of aromatic nitrogens is 2. The predicted molar refractivity (Wildman–Crippen MR) is 103 cm³/mol. The molecule has 1 aromatic carbocycles. The first-order chi connectivity index (χ1) is 12.2. The maximum Gasteiger partial charge on any atom is 0.193 e. The summed E-state index contributed by atoms with van der Waals surface area (Å²) < 4.78 is 2.23. The number of aryl methyl sites for hydroxylation is 1. The van der Waals surface area contributed by atoms with E-state index in [0.29, 0.717) is 12.0 Å². The summed E-state index contributed by atoms with van der Waals surface area (Å²) in [6.45, 7) is 7.38. The highest BCUT2D eigenvalue weighted by Gasteiger charge is 2.28. The lowest BCUT2D eigenvalue weighted by molar-refractivity contribution is 0.189. The summed E-state index contributed by atoms with van der Waals surface area (Å²) in [7, 11) is 1.87. The minimum atomic E-state index is 0.451. The fraction of sp³-hybridized carbons (Fsp3) is 0.500. The van der Waals surface area contributed by atoms with Gasteiger partial charge in [-0.2, -0.15) is 0 Å². The molecule has 2 atom stereocenters. The van der Waals surface area contributed by atoms with Gasteiger partial charge in [0.25, 0.3) is 0 Å². The number of rotatable bonds is 4. The zero-order chi connectivity index (χ0) is 17.6. The van der Waals surface area contributed by atoms with Crippen LogP contribution in [0.2, 0.25) is 0 Å². The lowest BCUT2D eigenvalue weighted by atomic mass is 9.93. The number of nitrogens with one attached hydrogen (secondary N) is 1. The maximum absolute atomic E-state index is 4.50. The first-order valence-corrected chi connectivity index (χ1v) is 9.16. The van der Waals surface area contributed by atoms with Crippen LogP contribution in [-0.2, 0) is 6.42 Å². The second-order valence-electron chi connectivity index (χ2n) is 7.00. The number of piperidine rings is 1. The van der Waals surface area contributed by atoms with Gasteiger partial charge in [0.2, 0.25) is 0 Å². The van der Waals surface area contributed by atoms with Crippen molar-refractivity contribution in [3.8, 4) is 0 Å². The number of benzene rings is 1. The van der Waals surface area contributed by atoms with Crippen LogP contribution in [0, 0.1) is 12.8 Å². The number of likely N-dealkylation sites (tertiary alicyclic amines) is 1. The van der Waals surface area contributed by atoms with Gasteiger partial charge >= 0.3 is 0 Å². The van der Waals surface area contributed by atoms with Gasteiger partial charge in [-0.05, 0) is 31.2 Å². The van der Waals surface area contributed by atoms with Gasteiger partial charge in [0, 0.05) is 39.1 Å². The van der Waals surface area contributed by atoms with Crippen LogP contribution in [0.5, 0.6) is 0 Å². The lowest BCUT2D eigenvalue weighted by Gasteiger charge is -2.39. The van der Waals surface area contributed by atoms with Crippen LogP contribution in [0.15, 0.2) is 48.0 Å². The van der Waals surface area contributed by atoms with Crippen LogP contribution in [0.4, 0.5) is 0 Å². The summed E-state index contributed by atoms with van der Waals surface area (Å²) in [5, 5.41) is 3.53. The number of nitrogens with zero attached hydrogens (tertiary/aromatic N) is 4. The SMILES string of the molecule is CN=C(NCCc1ccc(C)cc1)N1CCC(C)C(n2ccnc2)C1. The number of imidazole rings is 1. The van der Waals surface area contributed by atoms with Gasteiger partial charge in [-0.1, -0.05) is 36.8 Å². The standard InChI is InChI=1S/C20H29N5/c1-16-4-6-18(7-5-16)8-10-23-20(21-3)24-12-9-17(2)19(14-24)25-13-11-22-15-25/h4-7,11,13,15,17,19H,8-10,12,14H2,1-3H3,(H,21,23). The first kappa shape index (κ1) is 17.5. The monoisotopic (exact) mass is 339 g/mol. The van der Waals surface area contributed by atoms with Crippen molar-refractivity contribution in [2.45, 2.75) is 32.7 Å². The summed E-state index contributed by atoms with van der Waals surface area (Å²) in [6, 6.07) is 9.21. The van der Waals surface area contributed by atoms with E-state index in [1.54, 1.807) is 0 Å². The van der Waals surface area contributed by atoms with E-state index in [2.05, 4.69) is 69.1 Å². The first-order valence-electron chi connectivity index (χ1n) is 9.16. The van der Waals surface area contributed by atoms with Gasteiger partial charge in [0.15, 0.2) is 5.96 Å². The van der Waals surface area contributed by atoms with Crippen molar-refractivity contribution in [1.29, 1.82) is 0 Å². The Morgan fingerprint density at radius 2 is 2.12 bits per heavy atom. The molecular formula is C20H29N5. The van der Waals surface area contributed by atoms with Crippen LogP contribution < -0.4 is 5.32 Å². The average Bonchev–Trinajstić information content (AvgIpc) is 3.15. The molecule has 0 radical (unpaired) electrons. The molecule has 1 fully saturated rings. The molecule has 5 heteroatoms. The summed E-state index contributed by atoms with van der Waals surface area (Å²) in [6.07, 6.45) is 8.03. The zero-order valence-corrected chi connectivity index (χ0v) is 15.5. The molecular weight excluding hydrogens is 310 g/mol. The van der Waals surface area contributed by atoms with Crippen molar-refractivity contribution in [2.75, 3.05) is 26.7 Å². The molecule has 134 valence electrons. The molecule has 1 aliphatic rings. The van der Waals surface area contributed by atoms with Crippen molar-refractivity contribution in [1.82, 2.24) is 19.8 Å². The largest absolute Gasteiger partial charge is 0.356 e. The normalized spacial score (nSPS) is 21.4. The van der Waals surface area contributed by atoms with Crippen LogP contribution in [0.3, 0.4) is 0 Å². The van der Waals surface area contributed by atoms with Gasteiger partial charge in [0.1, 0.15) is 0 Å². The van der Waals surface area contributed by atoms with E-state index in [1.165, 1.54) is 17.5 Å². The predicted octanol–water partition coefficient (Wildman–Crippen LogP) is 2.89. The summed E-state index contributed by atoms with van der Waals surface area (Å²) in [5.74, 6) is 1.65. The molecule has 1 aliphatic heterocycles. The Hall–Kier alpha value is -2.30. The molecule has 1 N–H and O–H groups in total. The van der Waals surface area contributed by atoms with E-state index in [1.807, 2.05) is 19.6 Å². The van der Waals surface area contributed by atoms with Gasteiger partial charge in [-0.25, -0.2) is 4.98 Å². The number of aliphatic imine (C=N–C) groups is 1. The topological polar surface area (TPSA) is 45.5 Å². The summed E-state index contributed by atoms with van der Waals surface area (Å²) in [4.78, 5) is 11.1. The molecule has 0 saturated carbocycles. The van der Waals surface area contributed by atoms with Crippen molar-refractivity contribution >= 4 is 5.96 Å². The van der Waals surface area contributed by atoms with Gasteiger partial charge < -0.3 is 14.8 Å². The molecule has 25 heavy (non-hydrogen) atoms. The Morgan fingerprint density at radius 3 is 2.80 bits per heavy atom. The maximum atomic E-state index is 4.50. The van der Waals surface area contributed by atoms with Crippen molar-refractivity contribution in [3.63, 3.8) is 0 Å². The highest BCUT2D eigenvalue weighted by molar-refractivity contribution is 5.80. The molecule has 0 bridgehead atoms. The molecule has 1 aromatic heterocycles. The molecule has 0 spiro atoms. The average molecular weight is 339 g/mol. The number of guanidine groups is 1. The van der Waals surface area contributed by atoms with Gasteiger partial charge in [-0.15, -0.1) is 0 Å². The fourth-order valence-corrected chi connectivity index (χ4v) is 3.50. The van der Waals surface area contributed by atoms with Crippen molar-refractivity contribution < 1.29 is 0 Å². The second-order valence-corrected chi connectivity index (χ2v) is 7.00.